The van der Waals surface area contributed by atoms with Gasteiger partial charge >= 0.3 is 5.97 Å². The van der Waals surface area contributed by atoms with E-state index >= 15 is 0 Å². The molecule has 0 saturated carbocycles. The fourth-order valence-electron chi connectivity index (χ4n) is 3.87. The minimum absolute atomic E-state index is 0.0897. The number of aliphatic carboxylic acids is 1. The van der Waals surface area contributed by atoms with Crippen molar-refractivity contribution in [2.45, 2.75) is 33.2 Å². The Labute approximate surface area is 197 Å². The number of hydrogen-bond acceptors (Lipinski definition) is 6. The molecule has 0 fully saturated rings. The molecule has 4 rings (SSSR count). The monoisotopic (exact) mass is 464 g/mol. The Balaban J connectivity index is 1.84. The third-order valence-electron chi connectivity index (χ3n) is 5.58. The van der Waals surface area contributed by atoms with E-state index < -0.39 is 5.97 Å². The van der Waals surface area contributed by atoms with Crippen molar-refractivity contribution < 1.29 is 14.6 Å². The van der Waals surface area contributed by atoms with Gasteiger partial charge in [0.15, 0.2) is 5.17 Å². The predicted octanol–water partition coefficient (Wildman–Crippen LogP) is 5.19. The molecule has 0 amide bonds. The number of hydrogen-bond donors (Lipinski definition) is 1. The lowest BCUT2D eigenvalue weighted by Gasteiger charge is -2.35. The van der Waals surface area contributed by atoms with Gasteiger partial charge in [-0.05, 0) is 61.6 Å². The van der Waals surface area contributed by atoms with E-state index in [1.165, 1.54) is 5.01 Å². The molecule has 0 atom stereocenters. The fraction of sp³-hybridized carbons (Fsp3) is 0.240. The number of methoxy groups -OCH3 is 1. The van der Waals surface area contributed by atoms with Crippen LogP contribution in [0.1, 0.15) is 30.9 Å². The Morgan fingerprint density at radius 1 is 1.21 bits per heavy atom. The van der Waals surface area contributed by atoms with Gasteiger partial charge in [0, 0.05) is 18.8 Å². The second kappa shape index (κ2) is 9.50. The third kappa shape index (κ3) is 4.78. The maximum Gasteiger partial charge on any atom is 0.354 e. The zero-order valence-electron chi connectivity index (χ0n) is 18.7. The molecular weight excluding hydrogens is 440 g/mol. The molecule has 2 aliphatic heterocycles. The molecule has 33 heavy (non-hydrogen) atoms. The lowest BCUT2D eigenvalue weighted by molar-refractivity contribution is -0.134. The number of rotatable bonds is 6. The summed E-state index contributed by atoms with van der Waals surface area (Å²) in [6.45, 7) is 4.47. The number of anilines is 1. The van der Waals surface area contributed by atoms with E-state index in [-0.39, 0.29) is 10.9 Å². The first-order chi connectivity index (χ1) is 15.9. The Bertz CT molecular complexity index is 1180. The van der Waals surface area contributed by atoms with Crippen molar-refractivity contribution in [1.29, 1.82) is 0 Å². The number of benzene rings is 1. The van der Waals surface area contributed by atoms with E-state index in [1.54, 1.807) is 19.3 Å². The quantitative estimate of drug-likeness (QED) is 0.633. The van der Waals surface area contributed by atoms with Crippen LogP contribution in [0.25, 0.3) is 0 Å². The molecule has 1 aromatic heterocycles. The normalized spacial score (nSPS) is 15.8. The van der Waals surface area contributed by atoms with Crippen LogP contribution in [0.3, 0.4) is 0 Å². The number of aryl methyl sites for hydroxylation is 1. The van der Waals surface area contributed by atoms with E-state index in [0.29, 0.717) is 25.1 Å². The predicted molar refractivity (Wildman–Crippen MR) is 129 cm³/mol. The van der Waals surface area contributed by atoms with Gasteiger partial charge in [-0.2, -0.15) is 5.10 Å². The summed E-state index contributed by atoms with van der Waals surface area (Å²) in [7, 11) is 1.63. The van der Waals surface area contributed by atoms with Crippen molar-refractivity contribution in [2.24, 2.45) is 5.10 Å². The molecule has 2 aliphatic rings. The zero-order chi connectivity index (χ0) is 23.5. The summed E-state index contributed by atoms with van der Waals surface area (Å²) in [6.07, 6.45) is 6.59. The Morgan fingerprint density at radius 2 is 1.97 bits per heavy atom. The van der Waals surface area contributed by atoms with Crippen molar-refractivity contribution >= 4 is 28.6 Å². The second-order valence-electron chi connectivity index (χ2n) is 7.95. The number of pyridine rings is 1. The topological polar surface area (TPSA) is 78.3 Å². The van der Waals surface area contributed by atoms with Gasteiger partial charge in [0.2, 0.25) is 0 Å². The second-order valence-corrected chi connectivity index (χ2v) is 8.34. The molecule has 2 aromatic rings. The molecule has 0 bridgehead atoms. The van der Waals surface area contributed by atoms with Gasteiger partial charge in [0.05, 0.1) is 18.5 Å². The fourth-order valence-corrected chi connectivity index (χ4v) is 4.05. The molecule has 1 N–H and O–H groups in total. The maximum atomic E-state index is 12.0. The van der Waals surface area contributed by atoms with Gasteiger partial charge in [-0.3, -0.25) is 0 Å². The van der Waals surface area contributed by atoms with Crippen LogP contribution in [0, 0.1) is 6.92 Å². The largest absolute Gasteiger partial charge is 0.497 e. The SMILES string of the molecule is COc1ccc(CN(C2=CC(Cl)=NN3C(C(=O)O)=CCCC(C)=C23)c2ccc(C)cn2)cc1. The number of hydrazone groups is 1. The average molecular weight is 465 g/mol. The summed E-state index contributed by atoms with van der Waals surface area (Å²) < 4.78 is 5.29. The van der Waals surface area contributed by atoms with Gasteiger partial charge < -0.3 is 14.7 Å². The van der Waals surface area contributed by atoms with Gasteiger partial charge in [-0.1, -0.05) is 35.9 Å². The molecule has 170 valence electrons. The smallest absolute Gasteiger partial charge is 0.354 e. The van der Waals surface area contributed by atoms with E-state index in [4.69, 9.17) is 16.3 Å². The standard InChI is InChI=1S/C25H25ClN4O3/c1-16-7-12-23(27-14-16)29(15-18-8-10-19(33-3)11-9-18)21-13-22(26)28-30-20(25(31)32)6-4-5-17(2)24(21)30/h6-14H,4-5,15H2,1-3H3,(H,31,32). The Hall–Kier alpha value is -3.58. The highest BCUT2D eigenvalue weighted by molar-refractivity contribution is 6.68. The number of carboxylic acid groups (broad SMARTS) is 1. The summed E-state index contributed by atoms with van der Waals surface area (Å²) in [5, 5.41) is 15.8. The van der Waals surface area contributed by atoms with Gasteiger partial charge in [0.1, 0.15) is 17.3 Å². The highest BCUT2D eigenvalue weighted by atomic mass is 35.5. The molecule has 1 aromatic carbocycles. The van der Waals surface area contributed by atoms with Gasteiger partial charge in [-0.15, -0.1) is 0 Å². The third-order valence-corrected chi connectivity index (χ3v) is 5.76. The number of nitrogens with zero attached hydrogens (tertiary/aromatic N) is 4. The van der Waals surface area contributed by atoms with E-state index in [9.17, 15) is 9.90 Å². The van der Waals surface area contributed by atoms with E-state index in [2.05, 4.69) is 10.1 Å². The zero-order valence-corrected chi connectivity index (χ0v) is 19.5. The summed E-state index contributed by atoms with van der Waals surface area (Å²) in [5.41, 5.74) is 4.64. The molecule has 8 heteroatoms. The summed E-state index contributed by atoms with van der Waals surface area (Å²) in [6, 6.07) is 11.8. The van der Waals surface area contributed by atoms with Gasteiger partial charge in [0.25, 0.3) is 0 Å². The van der Waals surface area contributed by atoms with Crippen LogP contribution in [0.2, 0.25) is 0 Å². The van der Waals surface area contributed by atoms with Crippen LogP contribution < -0.4 is 9.64 Å². The minimum Gasteiger partial charge on any atom is -0.497 e. The van der Waals surface area contributed by atoms with Crippen molar-refractivity contribution in [3.63, 3.8) is 0 Å². The van der Waals surface area contributed by atoms with Crippen molar-refractivity contribution in [1.82, 2.24) is 9.99 Å². The summed E-state index contributed by atoms with van der Waals surface area (Å²) in [5.74, 6) is 0.446. The van der Waals surface area contributed by atoms with Crippen LogP contribution in [0.15, 0.2) is 82.5 Å². The number of allylic oxidation sites excluding steroid dienone is 3. The number of halogens is 1. The van der Waals surface area contributed by atoms with Crippen LogP contribution in [0.4, 0.5) is 5.82 Å². The van der Waals surface area contributed by atoms with E-state index in [1.807, 2.05) is 61.3 Å². The number of carboxylic acids is 1. The lowest BCUT2D eigenvalue weighted by atomic mass is 10.1. The lowest BCUT2D eigenvalue weighted by Crippen LogP contribution is -2.34. The van der Waals surface area contributed by atoms with Crippen LogP contribution in [-0.4, -0.2) is 33.3 Å². The minimum atomic E-state index is -1.05. The number of ether oxygens (including phenoxy) is 1. The Kier molecular flexibility index (Phi) is 6.51. The molecule has 0 spiro atoms. The summed E-state index contributed by atoms with van der Waals surface area (Å²) in [4.78, 5) is 18.7. The first-order valence-corrected chi connectivity index (χ1v) is 11.0. The maximum absolute atomic E-state index is 12.0. The van der Waals surface area contributed by atoms with Gasteiger partial charge in [-0.25, -0.2) is 14.8 Å². The average Bonchev–Trinajstić information content (AvgIpc) is 2.97. The molecule has 0 saturated heterocycles. The molecule has 7 nitrogen and oxygen atoms in total. The highest BCUT2D eigenvalue weighted by Gasteiger charge is 2.33. The number of aromatic nitrogens is 1. The van der Waals surface area contributed by atoms with E-state index in [0.717, 1.165) is 34.0 Å². The molecule has 0 radical (unpaired) electrons. The number of fused-ring (bicyclic) bond motifs is 1. The van der Waals surface area contributed by atoms with Crippen LogP contribution >= 0.6 is 11.6 Å². The molecule has 3 heterocycles. The van der Waals surface area contributed by atoms with Crippen molar-refractivity contribution in [3.05, 3.63) is 88.5 Å². The molecule has 0 aliphatic carbocycles. The summed E-state index contributed by atoms with van der Waals surface area (Å²) >= 11 is 6.43. The molecular formula is C25H25ClN4O3. The van der Waals surface area contributed by atoms with Crippen LogP contribution in [0.5, 0.6) is 5.75 Å². The van der Waals surface area contributed by atoms with Crippen molar-refractivity contribution in [2.75, 3.05) is 12.0 Å². The first-order valence-electron chi connectivity index (χ1n) is 10.6. The van der Waals surface area contributed by atoms with Crippen LogP contribution in [-0.2, 0) is 11.3 Å². The molecule has 0 unspecified atom stereocenters. The number of carbonyl (C=O) groups is 1. The highest BCUT2D eigenvalue weighted by Crippen LogP contribution is 2.37. The van der Waals surface area contributed by atoms with Crippen molar-refractivity contribution in [3.8, 4) is 5.75 Å². The Morgan fingerprint density at radius 3 is 2.61 bits per heavy atom. The first kappa shape index (κ1) is 22.6.